The highest BCUT2D eigenvalue weighted by Crippen LogP contribution is 2.14. The summed E-state index contributed by atoms with van der Waals surface area (Å²) < 4.78 is 12.7. The number of ketones is 1. The lowest BCUT2D eigenvalue weighted by molar-refractivity contribution is -0.119. The smallest absolute Gasteiger partial charge is 0.137 e. The first kappa shape index (κ1) is 12.9. The van der Waals surface area contributed by atoms with Gasteiger partial charge in [0.05, 0.1) is 0 Å². The monoisotopic (exact) mass is 222 g/mol. The second-order valence-electron chi connectivity index (χ2n) is 4.23. The number of carbonyl (C=O) groups is 1. The highest BCUT2D eigenvalue weighted by Gasteiger charge is 2.10. The molecule has 0 bridgehead atoms. The largest absolute Gasteiger partial charge is 0.299 e. The van der Waals surface area contributed by atoms with E-state index in [0.29, 0.717) is 18.8 Å². The van der Waals surface area contributed by atoms with Crippen molar-refractivity contribution in [2.24, 2.45) is 5.92 Å². The van der Waals surface area contributed by atoms with Crippen molar-refractivity contribution in [3.8, 4) is 0 Å². The van der Waals surface area contributed by atoms with Gasteiger partial charge in [-0.2, -0.15) is 0 Å². The molecule has 0 radical (unpaired) electrons. The van der Waals surface area contributed by atoms with Gasteiger partial charge in [0.1, 0.15) is 11.6 Å². The first-order valence-corrected chi connectivity index (χ1v) is 5.91. The maximum Gasteiger partial charge on any atom is 0.137 e. The van der Waals surface area contributed by atoms with Gasteiger partial charge in [-0.25, -0.2) is 4.39 Å². The van der Waals surface area contributed by atoms with E-state index in [0.717, 1.165) is 18.4 Å². The van der Waals surface area contributed by atoms with Crippen LogP contribution in [-0.4, -0.2) is 5.78 Å². The molecular formula is C14H19FO. The Balaban J connectivity index is 2.48. The van der Waals surface area contributed by atoms with Crippen molar-refractivity contribution in [3.05, 3.63) is 35.6 Å². The zero-order valence-electron chi connectivity index (χ0n) is 10.0. The first-order chi connectivity index (χ1) is 7.65. The molecule has 0 saturated carbocycles. The van der Waals surface area contributed by atoms with E-state index in [2.05, 4.69) is 13.8 Å². The Labute approximate surface area is 96.7 Å². The van der Waals surface area contributed by atoms with Crippen LogP contribution in [-0.2, 0) is 11.2 Å². The summed E-state index contributed by atoms with van der Waals surface area (Å²) in [6, 6.07) is 6.17. The number of halogens is 1. The number of hydrogen-bond donors (Lipinski definition) is 0. The minimum absolute atomic E-state index is 0.250. The van der Waals surface area contributed by atoms with Gasteiger partial charge < -0.3 is 0 Å². The van der Waals surface area contributed by atoms with E-state index in [1.54, 1.807) is 12.1 Å². The molecule has 0 aliphatic heterocycles. The SMILES string of the molecule is CCC(CC)CC(=O)Cc1ccc(F)cc1. The molecular weight excluding hydrogens is 203 g/mol. The van der Waals surface area contributed by atoms with Crippen LogP contribution in [0.15, 0.2) is 24.3 Å². The van der Waals surface area contributed by atoms with Crippen LogP contribution in [0.4, 0.5) is 4.39 Å². The Hall–Kier alpha value is -1.18. The lowest BCUT2D eigenvalue weighted by atomic mass is 9.94. The molecule has 0 spiro atoms. The van der Waals surface area contributed by atoms with Gasteiger partial charge >= 0.3 is 0 Å². The molecule has 0 aliphatic rings. The summed E-state index contributed by atoms with van der Waals surface area (Å²) in [5.74, 6) is 0.490. The number of Topliss-reactive ketones (excluding diaryl/α,β-unsaturated/α-hetero) is 1. The Kier molecular flexibility index (Phi) is 5.17. The molecule has 0 amide bonds. The minimum atomic E-state index is -0.254. The molecule has 0 aliphatic carbocycles. The molecule has 0 atom stereocenters. The molecule has 1 rings (SSSR count). The fourth-order valence-corrected chi connectivity index (χ4v) is 1.80. The molecule has 16 heavy (non-hydrogen) atoms. The van der Waals surface area contributed by atoms with Crippen LogP contribution in [0.1, 0.15) is 38.7 Å². The van der Waals surface area contributed by atoms with E-state index < -0.39 is 0 Å². The number of carbonyl (C=O) groups excluding carboxylic acids is 1. The second-order valence-corrected chi connectivity index (χ2v) is 4.23. The van der Waals surface area contributed by atoms with Gasteiger partial charge in [-0.05, 0) is 23.6 Å². The summed E-state index contributed by atoms with van der Waals surface area (Å²) >= 11 is 0. The van der Waals surface area contributed by atoms with E-state index in [1.807, 2.05) is 0 Å². The molecule has 1 nitrogen and oxygen atoms in total. The van der Waals surface area contributed by atoms with Crippen molar-refractivity contribution < 1.29 is 9.18 Å². The van der Waals surface area contributed by atoms with Crippen LogP contribution >= 0.6 is 0 Å². The molecule has 0 aromatic heterocycles. The zero-order valence-corrected chi connectivity index (χ0v) is 10.0. The van der Waals surface area contributed by atoms with E-state index in [-0.39, 0.29) is 11.6 Å². The Morgan fingerprint density at radius 2 is 1.75 bits per heavy atom. The summed E-state index contributed by atoms with van der Waals surface area (Å²) in [5, 5.41) is 0. The first-order valence-electron chi connectivity index (χ1n) is 5.91. The third-order valence-electron chi connectivity index (χ3n) is 2.99. The van der Waals surface area contributed by atoms with Crippen molar-refractivity contribution in [1.29, 1.82) is 0 Å². The average molecular weight is 222 g/mol. The summed E-state index contributed by atoms with van der Waals surface area (Å²) in [6.07, 6.45) is 3.17. The summed E-state index contributed by atoms with van der Waals surface area (Å²) in [7, 11) is 0. The van der Waals surface area contributed by atoms with Crippen molar-refractivity contribution in [3.63, 3.8) is 0 Å². The normalized spacial score (nSPS) is 10.8. The Bertz CT molecular complexity index is 325. The number of rotatable bonds is 6. The van der Waals surface area contributed by atoms with Crippen LogP contribution < -0.4 is 0 Å². The molecule has 88 valence electrons. The molecule has 0 N–H and O–H groups in total. The van der Waals surface area contributed by atoms with E-state index >= 15 is 0 Å². The van der Waals surface area contributed by atoms with Gasteiger partial charge in [-0.1, -0.05) is 38.8 Å². The molecule has 0 heterocycles. The summed E-state index contributed by atoms with van der Waals surface area (Å²) in [4.78, 5) is 11.7. The molecule has 0 fully saturated rings. The molecule has 1 aromatic rings. The molecule has 0 unspecified atom stereocenters. The molecule has 0 saturated heterocycles. The Morgan fingerprint density at radius 1 is 1.19 bits per heavy atom. The van der Waals surface area contributed by atoms with Crippen molar-refractivity contribution in [1.82, 2.24) is 0 Å². The predicted molar refractivity (Wildman–Crippen MR) is 63.8 cm³/mol. The van der Waals surface area contributed by atoms with Crippen LogP contribution in [0.2, 0.25) is 0 Å². The van der Waals surface area contributed by atoms with Gasteiger partial charge in [0.25, 0.3) is 0 Å². The lowest BCUT2D eigenvalue weighted by Crippen LogP contribution is -2.09. The summed E-state index contributed by atoms with van der Waals surface area (Å²) in [6.45, 7) is 4.22. The fourth-order valence-electron chi connectivity index (χ4n) is 1.80. The van der Waals surface area contributed by atoms with E-state index in [9.17, 15) is 9.18 Å². The fraction of sp³-hybridized carbons (Fsp3) is 0.500. The van der Waals surface area contributed by atoms with Gasteiger partial charge in [0.2, 0.25) is 0 Å². The topological polar surface area (TPSA) is 17.1 Å². The summed E-state index contributed by atoms with van der Waals surface area (Å²) in [5.41, 5.74) is 0.900. The van der Waals surface area contributed by atoms with Gasteiger partial charge in [0, 0.05) is 12.8 Å². The molecule has 1 aromatic carbocycles. The van der Waals surface area contributed by atoms with Gasteiger partial charge in [-0.3, -0.25) is 4.79 Å². The highest BCUT2D eigenvalue weighted by molar-refractivity contribution is 5.81. The molecule has 2 heteroatoms. The maximum absolute atomic E-state index is 12.7. The van der Waals surface area contributed by atoms with Crippen LogP contribution in [0.25, 0.3) is 0 Å². The second kappa shape index (κ2) is 6.41. The predicted octanol–water partition coefficient (Wildman–Crippen LogP) is 3.76. The van der Waals surface area contributed by atoms with Crippen LogP contribution in [0.3, 0.4) is 0 Å². The zero-order chi connectivity index (χ0) is 12.0. The van der Waals surface area contributed by atoms with Crippen LogP contribution in [0, 0.1) is 11.7 Å². The van der Waals surface area contributed by atoms with Crippen molar-refractivity contribution >= 4 is 5.78 Å². The van der Waals surface area contributed by atoms with Crippen molar-refractivity contribution in [2.75, 3.05) is 0 Å². The maximum atomic E-state index is 12.7. The van der Waals surface area contributed by atoms with Gasteiger partial charge in [0.15, 0.2) is 0 Å². The number of benzene rings is 1. The Morgan fingerprint density at radius 3 is 2.25 bits per heavy atom. The van der Waals surface area contributed by atoms with Crippen LogP contribution in [0.5, 0.6) is 0 Å². The minimum Gasteiger partial charge on any atom is -0.299 e. The lowest BCUT2D eigenvalue weighted by Gasteiger charge is -2.10. The standard InChI is InChI=1S/C14H19FO/c1-3-11(4-2)9-14(16)10-12-5-7-13(15)8-6-12/h5-8,11H,3-4,9-10H2,1-2H3. The average Bonchev–Trinajstić information content (AvgIpc) is 2.29. The van der Waals surface area contributed by atoms with E-state index in [4.69, 9.17) is 0 Å². The quantitative estimate of drug-likeness (QED) is 0.716. The third-order valence-corrected chi connectivity index (χ3v) is 2.99. The third kappa shape index (κ3) is 4.13. The number of hydrogen-bond acceptors (Lipinski definition) is 1. The highest BCUT2D eigenvalue weighted by atomic mass is 19.1. The van der Waals surface area contributed by atoms with Gasteiger partial charge in [-0.15, -0.1) is 0 Å². The van der Waals surface area contributed by atoms with Crippen molar-refractivity contribution in [2.45, 2.75) is 39.5 Å². The van der Waals surface area contributed by atoms with E-state index in [1.165, 1.54) is 12.1 Å².